The lowest BCUT2D eigenvalue weighted by molar-refractivity contribution is -0.526. The van der Waals surface area contributed by atoms with Gasteiger partial charge < -0.3 is 14.8 Å². The Morgan fingerprint density at radius 1 is 1.17 bits per heavy atom. The van der Waals surface area contributed by atoms with Crippen LogP contribution in [-0.2, 0) is 12.8 Å². The van der Waals surface area contributed by atoms with Crippen LogP contribution in [0, 0.1) is 16.0 Å². The molecule has 1 aromatic carbocycles. The van der Waals surface area contributed by atoms with E-state index in [2.05, 4.69) is 19.2 Å². The number of carbonyl (C=O) groups excluding carboxylic acids is 1. The molecule has 1 amide bonds. The number of nitrogens with one attached hydrogen (secondary N) is 1. The Morgan fingerprint density at radius 2 is 1.83 bits per heavy atom. The van der Waals surface area contributed by atoms with Crippen LogP contribution in [0.3, 0.4) is 0 Å². The van der Waals surface area contributed by atoms with E-state index in [1.54, 1.807) is 14.2 Å². The fourth-order valence-electron chi connectivity index (χ4n) is 4.79. The summed E-state index contributed by atoms with van der Waals surface area (Å²) in [5.74, 6) is 1.03. The zero-order valence-electron chi connectivity index (χ0n) is 21.9. The summed E-state index contributed by atoms with van der Waals surface area (Å²) >= 11 is 1.47. The van der Waals surface area contributed by atoms with E-state index in [0.717, 1.165) is 40.8 Å². The van der Waals surface area contributed by atoms with E-state index in [0.29, 0.717) is 35.1 Å². The third-order valence-corrected chi connectivity index (χ3v) is 7.60. The molecule has 0 aliphatic heterocycles. The SMILES string of the molecule is COc1cc2c(cc1OC)[C@H](c1cc(CCCC(C)C)sc1C(=O)NC(C)(C)C)[C@@H]([N+](=O)[O-])CC2. The van der Waals surface area contributed by atoms with Crippen molar-refractivity contribution in [2.45, 2.75) is 84.2 Å². The van der Waals surface area contributed by atoms with Crippen LogP contribution >= 0.6 is 11.3 Å². The Bertz CT molecular complexity index is 1070. The molecule has 0 unspecified atom stereocenters. The van der Waals surface area contributed by atoms with E-state index >= 15 is 0 Å². The average Bonchev–Trinajstić information content (AvgIpc) is 3.19. The number of hydrogen-bond donors (Lipinski definition) is 1. The Labute approximate surface area is 212 Å². The number of carbonyl (C=O) groups is 1. The number of hydrogen-bond acceptors (Lipinski definition) is 6. The molecule has 1 aliphatic carbocycles. The largest absolute Gasteiger partial charge is 0.493 e. The molecule has 1 aliphatic rings. The number of nitrogens with zero attached hydrogens (tertiary/aromatic N) is 1. The molecule has 35 heavy (non-hydrogen) atoms. The zero-order chi connectivity index (χ0) is 25.9. The molecule has 0 saturated heterocycles. The van der Waals surface area contributed by atoms with Crippen molar-refractivity contribution >= 4 is 17.2 Å². The normalized spacial score (nSPS) is 17.7. The number of methoxy groups -OCH3 is 2. The Balaban J connectivity index is 2.16. The number of fused-ring (bicyclic) bond motifs is 1. The van der Waals surface area contributed by atoms with Crippen molar-refractivity contribution in [3.05, 3.63) is 54.8 Å². The van der Waals surface area contributed by atoms with Crippen LogP contribution in [0.2, 0.25) is 0 Å². The van der Waals surface area contributed by atoms with E-state index in [4.69, 9.17) is 9.47 Å². The number of aryl methyl sites for hydroxylation is 2. The second-order valence-corrected chi connectivity index (χ2v) is 11.9. The molecule has 192 valence electrons. The van der Waals surface area contributed by atoms with Crippen LogP contribution in [0.25, 0.3) is 0 Å². The number of amides is 1. The maximum absolute atomic E-state index is 13.4. The minimum absolute atomic E-state index is 0.178. The fraction of sp³-hybridized carbons (Fsp3) is 0.593. The first-order chi connectivity index (χ1) is 16.4. The molecule has 7 nitrogen and oxygen atoms in total. The predicted molar refractivity (Wildman–Crippen MR) is 140 cm³/mol. The monoisotopic (exact) mass is 502 g/mol. The molecule has 3 rings (SSSR count). The molecule has 0 spiro atoms. The van der Waals surface area contributed by atoms with Crippen molar-refractivity contribution in [2.75, 3.05) is 14.2 Å². The van der Waals surface area contributed by atoms with Gasteiger partial charge in [-0.25, -0.2) is 0 Å². The van der Waals surface area contributed by atoms with E-state index in [1.807, 2.05) is 39.0 Å². The number of benzene rings is 1. The van der Waals surface area contributed by atoms with Crippen molar-refractivity contribution in [3.63, 3.8) is 0 Å². The maximum atomic E-state index is 13.4. The molecular formula is C27H38N2O5S. The number of thiophene rings is 1. The van der Waals surface area contributed by atoms with Crippen molar-refractivity contribution < 1.29 is 19.2 Å². The average molecular weight is 503 g/mol. The van der Waals surface area contributed by atoms with Gasteiger partial charge in [0.25, 0.3) is 5.91 Å². The minimum Gasteiger partial charge on any atom is -0.493 e. The van der Waals surface area contributed by atoms with Crippen molar-refractivity contribution in [1.82, 2.24) is 5.32 Å². The first-order valence-electron chi connectivity index (χ1n) is 12.3. The summed E-state index contributed by atoms with van der Waals surface area (Å²) in [4.78, 5) is 27.1. The molecular weight excluding hydrogens is 464 g/mol. The fourth-order valence-corrected chi connectivity index (χ4v) is 5.94. The van der Waals surface area contributed by atoms with Gasteiger partial charge in [-0.3, -0.25) is 14.9 Å². The molecule has 1 N–H and O–H groups in total. The molecule has 2 atom stereocenters. The van der Waals surface area contributed by atoms with Gasteiger partial charge in [-0.05, 0) is 80.8 Å². The van der Waals surface area contributed by atoms with Gasteiger partial charge >= 0.3 is 0 Å². The highest BCUT2D eigenvalue weighted by Crippen LogP contribution is 2.45. The molecule has 1 aromatic heterocycles. The van der Waals surface area contributed by atoms with Crippen molar-refractivity contribution in [2.24, 2.45) is 5.92 Å². The lowest BCUT2D eigenvalue weighted by Gasteiger charge is -2.30. The summed E-state index contributed by atoms with van der Waals surface area (Å²) in [6.45, 7) is 10.2. The van der Waals surface area contributed by atoms with Gasteiger partial charge in [0.2, 0.25) is 6.04 Å². The Hall–Kier alpha value is -2.61. The van der Waals surface area contributed by atoms with Gasteiger partial charge in [0.05, 0.1) is 25.0 Å². The molecule has 1 heterocycles. The lowest BCUT2D eigenvalue weighted by Crippen LogP contribution is -2.41. The predicted octanol–water partition coefficient (Wildman–Crippen LogP) is 6.00. The van der Waals surface area contributed by atoms with Gasteiger partial charge in [0.15, 0.2) is 11.5 Å². The Morgan fingerprint density at radius 3 is 2.40 bits per heavy atom. The standard InChI is InChI=1S/C27H38N2O5S/c1-16(2)9-8-10-18-14-20(25(35-18)26(30)28-27(3,4)5)24-19-15-23(34-7)22(33-6)13-17(19)11-12-21(24)29(31)32/h13-16,21,24H,8-12H2,1-7H3,(H,28,30)/t21-,24+/m0/s1. The van der Waals surface area contributed by atoms with Gasteiger partial charge in [-0.1, -0.05) is 20.3 Å². The summed E-state index contributed by atoms with van der Waals surface area (Å²) in [5, 5.41) is 15.3. The molecule has 0 fully saturated rings. The number of rotatable bonds is 9. The van der Waals surface area contributed by atoms with Crippen molar-refractivity contribution in [3.8, 4) is 11.5 Å². The van der Waals surface area contributed by atoms with E-state index < -0.39 is 17.5 Å². The van der Waals surface area contributed by atoms with Gasteiger partial charge in [-0.2, -0.15) is 0 Å². The third-order valence-electron chi connectivity index (χ3n) is 6.39. The van der Waals surface area contributed by atoms with E-state index in [1.165, 1.54) is 11.3 Å². The highest BCUT2D eigenvalue weighted by atomic mass is 32.1. The summed E-state index contributed by atoms with van der Waals surface area (Å²) < 4.78 is 11.0. The quantitative estimate of drug-likeness (QED) is 0.336. The molecule has 0 radical (unpaired) electrons. The maximum Gasteiger partial charge on any atom is 0.262 e. The first-order valence-corrected chi connectivity index (χ1v) is 13.1. The topological polar surface area (TPSA) is 90.7 Å². The van der Waals surface area contributed by atoms with Crippen LogP contribution in [0.15, 0.2) is 18.2 Å². The number of nitro groups is 1. The molecule has 0 saturated carbocycles. The van der Waals surface area contributed by atoms with Crippen LogP contribution in [-0.4, -0.2) is 36.6 Å². The smallest absolute Gasteiger partial charge is 0.262 e. The molecule has 0 bridgehead atoms. The summed E-state index contributed by atoms with van der Waals surface area (Å²) in [6, 6.07) is 4.99. The third kappa shape index (κ3) is 6.34. The molecule has 2 aromatic rings. The summed E-state index contributed by atoms with van der Waals surface area (Å²) in [6.07, 6.45) is 3.94. The van der Waals surface area contributed by atoms with Gasteiger partial charge in [0.1, 0.15) is 0 Å². The first kappa shape index (κ1) is 27.0. The second-order valence-electron chi connectivity index (χ2n) is 10.8. The minimum atomic E-state index is -0.820. The highest BCUT2D eigenvalue weighted by Gasteiger charge is 2.42. The summed E-state index contributed by atoms with van der Waals surface area (Å²) in [7, 11) is 3.15. The van der Waals surface area contributed by atoms with Crippen LogP contribution in [0.4, 0.5) is 0 Å². The zero-order valence-corrected chi connectivity index (χ0v) is 22.7. The van der Waals surface area contributed by atoms with Crippen LogP contribution < -0.4 is 14.8 Å². The van der Waals surface area contributed by atoms with Gasteiger partial charge in [0, 0.05) is 21.8 Å². The summed E-state index contributed by atoms with van der Waals surface area (Å²) in [5.41, 5.74) is 2.17. The van der Waals surface area contributed by atoms with Crippen LogP contribution in [0.5, 0.6) is 11.5 Å². The van der Waals surface area contributed by atoms with Gasteiger partial charge in [-0.15, -0.1) is 11.3 Å². The lowest BCUT2D eigenvalue weighted by atomic mass is 9.75. The number of ether oxygens (including phenoxy) is 2. The molecule has 8 heteroatoms. The van der Waals surface area contributed by atoms with E-state index in [-0.39, 0.29) is 10.8 Å². The Kier molecular flexibility index (Phi) is 8.46. The van der Waals surface area contributed by atoms with Crippen LogP contribution in [0.1, 0.15) is 91.0 Å². The van der Waals surface area contributed by atoms with E-state index in [9.17, 15) is 14.9 Å². The highest BCUT2D eigenvalue weighted by molar-refractivity contribution is 7.14. The van der Waals surface area contributed by atoms with Crippen molar-refractivity contribution in [1.29, 1.82) is 0 Å². The second kappa shape index (κ2) is 11.0.